The summed E-state index contributed by atoms with van der Waals surface area (Å²) >= 11 is 1.38. The van der Waals surface area contributed by atoms with Gasteiger partial charge in [-0.15, -0.1) is 11.3 Å². The van der Waals surface area contributed by atoms with E-state index in [0.717, 1.165) is 11.1 Å². The number of thiophene rings is 1. The number of benzene rings is 2. The third-order valence-corrected chi connectivity index (χ3v) is 5.59. The van der Waals surface area contributed by atoms with Gasteiger partial charge < -0.3 is 5.73 Å². The number of amides is 1. The molecule has 29 heavy (non-hydrogen) atoms. The maximum absolute atomic E-state index is 13.4. The zero-order chi connectivity index (χ0) is 20.4. The fourth-order valence-electron chi connectivity index (χ4n) is 3.27. The molecule has 0 radical (unpaired) electrons. The van der Waals surface area contributed by atoms with Gasteiger partial charge >= 0.3 is 0 Å². The molecule has 7 heteroatoms. The van der Waals surface area contributed by atoms with Crippen LogP contribution in [0.4, 0.5) is 4.39 Å². The summed E-state index contributed by atoms with van der Waals surface area (Å²) in [6.07, 6.45) is 0.513. The van der Waals surface area contributed by atoms with E-state index in [9.17, 15) is 14.0 Å². The number of primary amides is 1. The van der Waals surface area contributed by atoms with E-state index in [1.165, 1.54) is 28.0 Å². The fourth-order valence-corrected chi connectivity index (χ4v) is 4.23. The standard InChI is InChI=1S/C22H18FN3O2S/c23-16-8-6-15(7-9-16)17-13-29-21-20(17)22(28)26(11-10-18(24)27)19(25-21)12-14-4-2-1-3-5-14/h1-9,13H,10-12H2,(H2,24,27). The van der Waals surface area contributed by atoms with Gasteiger partial charge in [0.25, 0.3) is 5.56 Å². The third-order valence-electron chi connectivity index (χ3n) is 4.71. The molecule has 2 aromatic carbocycles. The van der Waals surface area contributed by atoms with E-state index < -0.39 is 5.91 Å². The monoisotopic (exact) mass is 407 g/mol. The number of halogens is 1. The molecule has 0 saturated heterocycles. The van der Waals surface area contributed by atoms with E-state index in [0.29, 0.717) is 28.0 Å². The summed E-state index contributed by atoms with van der Waals surface area (Å²) in [4.78, 5) is 30.1. The average molecular weight is 407 g/mol. The zero-order valence-corrected chi connectivity index (χ0v) is 16.3. The largest absolute Gasteiger partial charge is 0.370 e. The number of carbonyl (C=O) groups excluding carboxylic acids is 1. The lowest BCUT2D eigenvalue weighted by molar-refractivity contribution is -0.118. The summed E-state index contributed by atoms with van der Waals surface area (Å²) in [5.74, 6) is -0.232. The van der Waals surface area contributed by atoms with Crippen molar-refractivity contribution in [2.24, 2.45) is 5.73 Å². The molecule has 2 heterocycles. The first-order chi connectivity index (χ1) is 14.0. The Morgan fingerprint density at radius 1 is 1.10 bits per heavy atom. The molecule has 0 unspecified atom stereocenters. The van der Waals surface area contributed by atoms with E-state index in [2.05, 4.69) is 0 Å². The molecule has 0 saturated carbocycles. The second-order valence-corrected chi connectivity index (χ2v) is 7.56. The van der Waals surface area contributed by atoms with Gasteiger partial charge in [-0.05, 0) is 23.3 Å². The van der Waals surface area contributed by atoms with E-state index in [1.807, 2.05) is 35.7 Å². The van der Waals surface area contributed by atoms with Gasteiger partial charge in [0.1, 0.15) is 16.5 Å². The van der Waals surface area contributed by atoms with Crippen molar-refractivity contribution >= 4 is 27.5 Å². The molecule has 0 aliphatic carbocycles. The minimum Gasteiger partial charge on any atom is -0.370 e. The van der Waals surface area contributed by atoms with Gasteiger partial charge in [-0.3, -0.25) is 14.2 Å². The molecule has 4 aromatic rings. The molecule has 4 rings (SSSR count). The fraction of sp³-hybridized carbons (Fsp3) is 0.136. The Bertz CT molecular complexity index is 1230. The summed E-state index contributed by atoms with van der Waals surface area (Å²) in [5.41, 5.74) is 7.56. The molecule has 0 aliphatic heterocycles. The number of hydrogen-bond donors (Lipinski definition) is 1. The SMILES string of the molecule is NC(=O)CCn1c(Cc2ccccc2)nc2scc(-c3ccc(F)cc3)c2c1=O. The molecular weight excluding hydrogens is 389 g/mol. The molecule has 2 aromatic heterocycles. The van der Waals surface area contributed by atoms with Crippen molar-refractivity contribution in [3.63, 3.8) is 0 Å². The quantitative estimate of drug-likeness (QED) is 0.529. The average Bonchev–Trinajstić information content (AvgIpc) is 3.13. The van der Waals surface area contributed by atoms with Crippen molar-refractivity contribution in [1.82, 2.24) is 9.55 Å². The minimum absolute atomic E-state index is 0.0465. The molecule has 0 aliphatic rings. The van der Waals surface area contributed by atoms with Crippen molar-refractivity contribution in [1.29, 1.82) is 0 Å². The van der Waals surface area contributed by atoms with Crippen LogP contribution in [0.25, 0.3) is 21.3 Å². The topological polar surface area (TPSA) is 78.0 Å². The van der Waals surface area contributed by atoms with Crippen molar-refractivity contribution in [3.8, 4) is 11.1 Å². The van der Waals surface area contributed by atoms with Gasteiger partial charge in [0.05, 0.1) is 5.39 Å². The Hall–Kier alpha value is -3.32. The minimum atomic E-state index is -0.480. The third kappa shape index (κ3) is 3.95. The van der Waals surface area contributed by atoms with Crippen LogP contribution in [-0.2, 0) is 17.8 Å². The molecule has 0 bridgehead atoms. The zero-order valence-electron chi connectivity index (χ0n) is 15.5. The van der Waals surface area contributed by atoms with Crippen molar-refractivity contribution in [2.75, 3.05) is 0 Å². The van der Waals surface area contributed by atoms with Gasteiger partial charge in [-0.2, -0.15) is 0 Å². The molecule has 146 valence electrons. The predicted molar refractivity (Wildman–Crippen MR) is 112 cm³/mol. The highest BCUT2D eigenvalue weighted by Gasteiger charge is 2.18. The van der Waals surface area contributed by atoms with Crippen LogP contribution in [0.15, 0.2) is 64.8 Å². The molecule has 0 spiro atoms. The van der Waals surface area contributed by atoms with Crippen LogP contribution >= 0.6 is 11.3 Å². The number of carbonyl (C=O) groups is 1. The number of hydrogen-bond acceptors (Lipinski definition) is 4. The van der Waals surface area contributed by atoms with Crippen LogP contribution in [0.2, 0.25) is 0 Å². The summed E-state index contributed by atoms with van der Waals surface area (Å²) < 4.78 is 14.8. The lowest BCUT2D eigenvalue weighted by Crippen LogP contribution is -2.27. The normalized spacial score (nSPS) is 11.1. The number of nitrogens with zero attached hydrogens (tertiary/aromatic N) is 2. The number of rotatable bonds is 6. The maximum Gasteiger partial charge on any atom is 0.262 e. The van der Waals surface area contributed by atoms with Crippen LogP contribution in [-0.4, -0.2) is 15.5 Å². The first-order valence-electron chi connectivity index (χ1n) is 9.12. The van der Waals surface area contributed by atoms with Crippen molar-refractivity contribution in [2.45, 2.75) is 19.4 Å². The molecule has 5 nitrogen and oxygen atoms in total. The van der Waals surface area contributed by atoms with Gasteiger partial charge in [-0.1, -0.05) is 42.5 Å². The second-order valence-electron chi connectivity index (χ2n) is 6.70. The van der Waals surface area contributed by atoms with Gasteiger partial charge in [0, 0.05) is 30.3 Å². The number of aromatic nitrogens is 2. The van der Waals surface area contributed by atoms with Crippen LogP contribution in [0.5, 0.6) is 0 Å². The van der Waals surface area contributed by atoms with Gasteiger partial charge in [0.15, 0.2) is 0 Å². The molecule has 0 atom stereocenters. The van der Waals surface area contributed by atoms with Crippen molar-refractivity contribution in [3.05, 3.63) is 87.5 Å². The van der Waals surface area contributed by atoms with E-state index in [-0.39, 0.29) is 24.3 Å². The lowest BCUT2D eigenvalue weighted by atomic mass is 10.1. The van der Waals surface area contributed by atoms with Crippen LogP contribution in [0.3, 0.4) is 0 Å². The summed E-state index contributed by atoms with van der Waals surface area (Å²) in [7, 11) is 0. The molecule has 2 N–H and O–H groups in total. The second kappa shape index (κ2) is 7.97. The lowest BCUT2D eigenvalue weighted by Gasteiger charge is -2.12. The van der Waals surface area contributed by atoms with Gasteiger partial charge in [-0.25, -0.2) is 9.37 Å². The number of nitrogens with two attached hydrogens (primary N) is 1. The molecule has 1 amide bonds. The van der Waals surface area contributed by atoms with Crippen molar-refractivity contribution < 1.29 is 9.18 Å². The molecular formula is C22H18FN3O2S. The van der Waals surface area contributed by atoms with E-state index in [4.69, 9.17) is 10.7 Å². The Morgan fingerprint density at radius 3 is 2.52 bits per heavy atom. The Labute approximate surface area is 170 Å². The molecule has 0 fully saturated rings. The summed E-state index contributed by atoms with van der Waals surface area (Å²) in [6, 6.07) is 15.7. The smallest absolute Gasteiger partial charge is 0.262 e. The first kappa shape index (κ1) is 19.0. The highest BCUT2D eigenvalue weighted by atomic mass is 32.1. The Kier molecular flexibility index (Phi) is 5.22. The van der Waals surface area contributed by atoms with Crippen LogP contribution < -0.4 is 11.3 Å². The van der Waals surface area contributed by atoms with Crippen LogP contribution in [0, 0.1) is 5.82 Å². The maximum atomic E-state index is 13.4. The Balaban J connectivity index is 1.87. The van der Waals surface area contributed by atoms with Crippen LogP contribution in [0.1, 0.15) is 17.8 Å². The summed E-state index contributed by atoms with van der Waals surface area (Å²) in [5, 5.41) is 2.33. The number of fused-ring (bicyclic) bond motifs is 1. The Morgan fingerprint density at radius 2 is 1.83 bits per heavy atom. The van der Waals surface area contributed by atoms with E-state index >= 15 is 0 Å². The summed E-state index contributed by atoms with van der Waals surface area (Å²) in [6.45, 7) is 0.165. The first-order valence-corrected chi connectivity index (χ1v) is 10.00. The highest BCUT2D eigenvalue weighted by Crippen LogP contribution is 2.31. The highest BCUT2D eigenvalue weighted by molar-refractivity contribution is 7.17. The van der Waals surface area contributed by atoms with Gasteiger partial charge in [0.2, 0.25) is 5.91 Å². The van der Waals surface area contributed by atoms with E-state index in [1.54, 1.807) is 12.1 Å². The predicted octanol–water partition coefficient (Wildman–Crippen LogP) is 3.73.